The number of halogens is 3. The lowest BCUT2D eigenvalue weighted by Gasteiger charge is -2.33. The van der Waals surface area contributed by atoms with Crippen molar-refractivity contribution in [1.29, 1.82) is 0 Å². The maximum Gasteiger partial charge on any atom is 0.265 e. The third-order valence-electron chi connectivity index (χ3n) is 5.99. The molecule has 0 radical (unpaired) electrons. The summed E-state index contributed by atoms with van der Waals surface area (Å²) in [6.45, 7) is 4.14. The van der Waals surface area contributed by atoms with E-state index >= 15 is 4.39 Å². The number of anilines is 2. The van der Waals surface area contributed by atoms with Crippen molar-refractivity contribution >= 4 is 17.5 Å². The number of rotatable bonds is 6. The van der Waals surface area contributed by atoms with E-state index in [1.54, 1.807) is 4.90 Å². The standard InChI is InChI=1S/C23H28F3N5O2/c1-15(29-16(2)32)17-4-6-18(7-5-17)33-19-8-11-30(12-19)21-20(24)22(28-14-27-21)31-10-3-9-23(25,26)13-31/h4-7,14-15,19H,3,8-13H2,1-2H3,(H,29,32)/t15-,19+/m0/s1. The molecule has 7 nitrogen and oxygen atoms in total. The Morgan fingerprint density at radius 1 is 1.18 bits per heavy atom. The molecule has 2 aromatic rings. The molecule has 0 spiro atoms. The normalized spacial score (nSPS) is 21.1. The Morgan fingerprint density at radius 3 is 2.55 bits per heavy atom. The highest BCUT2D eigenvalue weighted by Crippen LogP contribution is 2.33. The fourth-order valence-corrected chi connectivity index (χ4v) is 4.37. The number of carbonyl (C=O) groups excluding carboxylic acids is 1. The topological polar surface area (TPSA) is 70.6 Å². The molecule has 10 heteroatoms. The Bertz CT molecular complexity index is 989. The third-order valence-corrected chi connectivity index (χ3v) is 5.99. The minimum Gasteiger partial charge on any atom is -0.489 e. The van der Waals surface area contributed by atoms with Gasteiger partial charge in [0.2, 0.25) is 11.7 Å². The van der Waals surface area contributed by atoms with Gasteiger partial charge in [-0.3, -0.25) is 4.79 Å². The van der Waals surface area contributed by atoms with Crippen LogP contribution in [0.1, 0.15) is 44.7 Å². The molecule has 2 saturated heterocycles. The zero-order valence-corrected chi connectivity index (χ0v) is 18.7. The van der Waals surface area contributed by atoms with Crippen LogP contribution in [0.2, 0.25) is 0 Å². The van der Waals surface area contributed by atoms with Crippen LogP contribution in [0.15, 0.2) is 30.6 Å². The molecule has 1 aromatic carbocycles. The summed E-state index contributed by atoms with van der Waals surface area (Å²) < 4.78 is 48.9. The number of hydrogen-bond acceptors (Lipinski definition) is 6. The molecular formula is C23H28F3N5O2. The predicted octanol–water partition coefficient (Wildman–Crippen LogP) is 3.71. The van der Waals surface area contributed by atoms with Gasteiger partial charge >= 0.3 is 0 Å². The lowest BCUT2D eigenvalue weighted by Crippen LogP contribution is -2.43. The number of amides is 1. The van der Waals surface area contributed by atoms with Crippen molar-refractivity contribution in [2.45, 2.75) is 51.2 Å². The van der Waals surface area contributed by atoms with Crippen molar-refractivity contribution in [2.75, 3.05) is 36.0 Å². The average molecular weight is 464 g/mol. The molecule has 2 aliphatic rings. The van der Waals surface area contributed by atoms with Crippen molar-refractivity contribution in [3.8, 4) is 5.75 Å². The first kappa shape index (κ1) is 23.1. The summed E-state index contributed by atoms with van der Waals surface area (Å²) in [5, 5.41) is 2.83. The number of hydrogen-bond donors (Lipinski definition) is 1. The van der Waals surface area contributed by atoms with E-state index in [0.717, 1.165) is 5.56 Å². The lowest BCUT2D eigenvalue weighted by atomic mass is 10.1. The lowest BCUT2D eigenvalue weighted by molar-refractivity contribution is -0.119. The SMILES string of the molecule is CC(=O)N[C@@H](C)c1ccc(O[C@@H]2CCN(c3ncnc(N4CCCC(F)(F)C4)c3F)C2)cc1. The van der Waals surface area contributed by atoms with Gasteiger partial charge in [-0.1, -0.05) is 12.1 Å². The summed E-state index contributed by atoms with van der Waals surface area (Å²) in [6, 6.07) is 7.38. The van der Waals surface area contributed by atoms with Gasteiger partial charge in [0.1, 0.15) is 18.2 Å². The van der Waals surface area contributed by atoms with Gasteiger partial charge in [-0.15, -0.1) is 0 Å². The van der Waals surface area contributed by atoms with E-state index in [0.29, 0.717) is 31.8 Å². The molecule has 33 heavy (non-hydrogen) atoms. The smallest absolute Gasteiger partial charge is 0.265 e. The summed E-state index contributed by atoms with van der Waals surface area (Å²) in [4.78, 5) is 22.3. The molecule has 0 bridgehead atoms. The summed E-state index contributed by atoms with van der Waals surface area (Å²) in [7, 11) is 0. The molecule has 3 heterocycles. The Hall–Kier alpha value is -3.04. The van der Waals surface area contributed by atoms with Gasteiger partial charge in [0.05, 0.1) is 19.1 Å². The maximum atomic E-state index is 15.2. The van der Waals surface area contributed by atoms with Crippen LogP contribution >= 0.6 is 0 Å². The van der Waals surface area contributed by atoms with Gasteiger partial charge in [0.15, 0.2) is 11.6 Å². The van der Waals surface area contributed by atoms with E-state index in [9.17, 15) is 13.6 Å². The van der Waals surface area contributed by atoms with Crippen molar-refractivity contribution in [3.05, 3.63) is 42.0 Å². The molecule has 4 rings (SSSR count). The predicted molar refractivity (Wildman–Crippen MR) is 118 cm³/mol. The van der Waals surface area contributed by atoms with E-state index in [1.165, 1.54) is 18.2 Å². The average Bonchev–Trinajstić information content (AvgIpc) is 3.21. The van der Waals surface area contributed by atoms with Crippen molar-refractivity contribution in [2.24, 2.45) is 0 Å². The molecule has 0 saturated carbocycles. The number of benzene rings is 1. The minimum atomic E-state index is -2.85. The number of carbonyl (C=O) groups is 1. The molecular weight excluding hydrogens is 435 g/mol. The van der Waals surface area contributed by atoms with Crippen LogP contribution in [-0.2, 0) is 4.79 Å². The summed E-state index contributed by atoms with van der Waals surface area (Å²) in [5.74, 6) is -2.90. The van der Waals surface area contributed by atoms with E-state index in [1.807, 2.05) is 31.2 Å². The van der Waals surface area contributed by atoms with Crippen LogP contribution in [0.4, 0.5) is 24.8 Å². The highest BCUT2D eigenvalue weighted by atomic mass is 19.3. The number of nitrogens with zero attached hydrogens (tertiary/aromatic N) is 4. The zero-order chi connectivity index (χ0) is 23.6. The van der Waals surface area contributed by atoms with Crippen LogP contribution in [0, 0.1) is 5.82 Å². The molecule has 1 N–H and O–H groups in total. The number of nitrogens with one attached hydrogen (secondary N) is 1. The van der Waals surface area contributed by atoms with Gasteiger partial charge in [0, 0.05) is 32.9 Å². The Morgan fingerprint density at radius 2 is 1.88 bits per heavy atom. The second-order valence-corrected chi connectivity index (χ2v) is 8.68. The number of piperidine rings is 1. The fourth-order valence-electron chi connectivity index (χ4n) is 4.37. The molecule has 1 aromatic heterocycles. The number of alkyl halides is 2. The largest absolute Gasteiger partial charge is 0.489 e. The van der Waals surface area contributed by atoms with E-state index < -0.39 is 18.3 Å². The molecule has 2 fully saturated rings. The molecule has 2 atom stereocenters. The summed E-state index contributed by atoms with van der Waals surface area (Å²) in [5.41, 5.74) is 0.962. The second kappa shape index (κ2) is 9.44. The van der Waals surface area contributed by atoms with Crippen molar-refractivity contribution in [1.82, 2.24) is 15.3 Å². The quantitative estimate of drug-likeness (QED) is 0.705. The Kier molecular flexibility index (Phi) is 6.62. The second-order valence-electron chi connectivity index (χ2n) is 8.68. The summed E-state index contributed by atoms with van der Waals surface area (Å²) >= 11 is 0. The number of ether oxygens (including phenoxy) is 1. The van der Waals surface area contributed by atoms with Gasteiger partial charge in [0.25, 0.3) is 5.92 Å². The first-order valence-corrected chi connectivity index (χ1v) is 11.1. The molecule has 1 amide bonds. The highest BCUT2D eigenvalue weighted by molar-refractivity contribution is 5.73. The van der Waals surface area contributed by atoms with Crippen molar-refractivity contribution < 1.29 is 22.7 Å². The highest BCUT2D eigenvalue weighted by Gasteiger charge is 2.37. The molecule has 0 aliphatic carbocycles. The van der Waals surface area contributed by atoms with Crippen LogP contribution in [0.3, 0.4) is 0 Å². The van der Waals surface area contributed by atoms with Gasteiger partial charge in [-0.2, -0.15) is 4.39 Å². The van der Waals surface area contributed by atoms with E-state index in [2.05, 4.69) is 15.3 Å². The van der Waals surface area contributed by atoms with E-state index in [-0.39, 0.29) is 42.5 Å². The van der Waals surface area contributed by atoms with Gasteiger partial charge < -0.3 is 19.9 Å². The van der Waals surface area contributed by atoms with Crippen LogP contribution in [-0.4, -0.2) is 54.1 Å². The van der Waals surface area contributed by atoms with E-state index in [4.69, 9.17) is 4.74 Å². The monoisotopic (exact) mass is 463 g/mol. The van der Waals surface area contributed by atoms with Crippen LogP contribution in [0.25, 0.3) is 0 Å². The van der Waals surface area contributed by atoms with Crippen molar-refractivity contribution in [3.63, 3.8) is 0 Å². The third kappa shape index (κ3) is 5.48. The van der Waals surface area contributed by atoms with Crippen LogP contribution in [0.5, 0.6) is 5.75 Å². The molecule has 2 aliphatic heterocycles. The maximum absolute atomic E-state index is 15.2. The zero-order valence-electron chi connectivity index (χ0n) is 18.7. The molecule has 0 unspecified atom stereocenters. The minimum absolute atomic E-state index is 0.0763. The van der Waals surface area contributed by atoms with Gasteiger partial charge in [-0.25, -0.2) is 18.7 Å². The Balaban J connectivity index is 1.39. The first-order chi connectivity index (χ1) is 15.7. The fraction of sp³-hybridized carbons (Fsp3) is 0.522. The van der Waals surface area contributed by atoms with Gasteiger partial charge in [-0.05, 0) is 31.0 Å². The Labute approximate surface area is 191 Å². The van der Waals surface area contributed by atoms with Crippen LogP contribution < -0.4 is 19.9 Å². The molecule has 178 valence electrons. The number of aromatic nitrogens is 2. The first-order valence-electron chi connectivity index (χ1n) is 11.1. The summed E-state index contributed by atoms with van der Waals surface area (Å²) in [6.07, 6.45) is 1.82.